The van der Waals surface area contributed by atoms with E-state index < -0.39 is 0 Å². The van der Waals surface area contributed by atoms with E-state index in [4.69, 9.17) is 0 Å². The lowest BCUT2D eigenvalue weighted by atomic mass is 9.90. The van der Waals surface area contributed by atoms with Crippen molar-refractivity contribution in [3.63, 3.8) is 0 Å². The maximum Gasteiger partial charge on any atom is 0.308 e. The highest BCUT2D eigenvalue weighted by Crippen LogP contribution is 2.24. The van der Waals surface area contributed by atoms with Crippen LogP contribution in [0.2, 0.25) is 0 Å². The van der Waals surface area contributed by atoms with E-state index in [-0.39, 0.29) is 11.9 Å². The summed E-state index contributed by atoms with van der Waals surface area (Å²) in [5, 5.41) is 0. The van der Waals surface area contributed by atoms with E-state index in [0.29, 0.717) is 0 Å². The van der Waals surface area contributed by atoms with Crippen LogP contribution in [0.5, 0.6) is 0 Å². The highest BCUT2D eigenvalue weighted by molar-refractivity contribution is 5.72. The minimum atomic E-state index is -0.0886. The van der Waals surface area contributed by atoms with E-state index in [1.165, 1.54) is 12.7 Å². The van der Waals surface area contributed by atoms with Gasteiger partial charge in [0.25, 0.3) is 0 Å². The first-order valence-electron chi connectivity index (χ1n) is 4.17. The summed E-state index contributed by atoms with van der Waals surface area (Å²) in [5.74, 6) is -0.0203. The Morgan fingerprint density at radius 2 is 2.58 bits per heavy atom. The lowest BCUT2D eigenvalue weighted by Gasteiger charge is -2.17. The molecule has 2 nitrogen and oxygen atoms in total. The van der Waals surface area contributed by atoms with Crippen LogP contribution in [0.3, 0.4) is 0 Å². The quantitative estimate of drug-likeness (QED) is 0.587. The first-order chi connectivity index (χ1) is 5.77. The largest absolute Gasteiger partial charge is 0.469 e. The second-order valence-electron chi connectivity index (χ2n) is 2.98. The van der Waals surface area contributed by atoms with Crippen LogP contribution in [-0.4, -0.2) is 13.1 Å². The second-order valence-corrected chi connectivity index (χ2v) is 2.98. The highest BCUT2D eigenvalue weighted by atomic mass is 16.5. The molecule has 1 atom stereocenters. The fraction of sp³-hybridized carbons (Fsp3) is 0.500. The van der Waals surface area contributed by atoms with E-state index in [9.17, 15) is 4.79 Å². The zero-order chi connectivity index (χ0) is 8.97. The van der Waals surface area contributed by atoms with Crippen molar-refractivity contribution < 1.29 is 9.53 Å². The number of methoxy groups -OCH3 is 1. The van der Waals surface area contributed by atoms with E-state index in [2.05, 4.69) is 17.4 Å². The molecule has 0 radical (unpaired) electrons. The molecule has 1 rings (SSSR count). The van der Waals surface area contributed by atoms with Gasteiger partial charge in [-0.3, -0.25) is 4.79 Å². The Kier molecular flexibility index (Phi) is 3.09. The molecule has 0 saturated carbocycles. The van der Waals surface area contributed by atoms with Gasteiger partial charge in [0, 0.05) is 0 Å². The zero-order valence-electron chi connectivity index (χ0n) is 7.38. The summed E-state index contributed by atoms with van der Waals surface area (Å²) in [6, 6.07) is 0. The van der Waals surface area contributed by atoms with Crippen LogP contribution in [0, 0.1) is 5.92 Å². The van der Waals surface area contributed by atoms with Crippen LogP contribution in [0.4, 0.5) is 0 Å². The Balaban J connectivity index is 2.51. The molecular weight excluding hydrogens is 152 g/mol. The number of ether oxygens (including phenoxy) is 1. The van der Waals surface area contributed by atoms with Gasteiger partial charge in [-0.25, -0.2) is 0 Å². The molecule has 0 amide bonds. The van der Waals surface area contributed by atoms with Crippen molar-refractivity contribution in [3.05, 3.63) is 24.3 Å². The summed E-state index contributed by atoms with van der Waals surface area (Å²) in [5.41, 5.74) is 1.25. The van der Waals surface area contributed by atoms with Crippen molar-refractivity contribution in [2.45, 2.75) is 19.3 Å². The van der Waals surface area contributed by atoms with E-state index in [0.717, 1.165) is 19.3 Å². The molecule has 0 aromatic carbocycles. The van der Waals surface area contributed by atoms with Gasteiger partial charge in [0.1, 0.15) is 0 Å². The zero-order valence-corrected chi connectivity index (χ0v) is 7.38. The molecule has 66 valence electrons. The highest BCUT2D eigenvalue weighted by Gasteiger charge is 2.20. The van der Waals surface area contributed by atoms with Gasteiger partial charge in [-0.15, -0.1) is 0 Å². The summed E-state index contributed by atoms with van der Waals surface area (Å²) in [7, 11) is 1.44. The molecule has 12 heavy (non-hydrogen) atoms. The maximum absolute atomic E-state index is 11.1. The molecule has 0 aromatic rings. The lowest BCUT2D eigenvalue weighted by Crippen LogP contribution is -2.17. The Labute approximate surface area is 72.9 Å². The van der Waals surface area contributed by atoms with E-state index in [1.54, 1.807) is 0 Å². The minimum Gasteiger partial charge on any atom is -0.469 e. The Hall–Kier alpha value is -1.05. The van der Waals surface area contributed by atoms with Crippen molar-refractivity contribution in [1.29, 1.82) is 0 Å². The number of carbonyl (C=O) groups is 1. The molecule has 0 spiro atoms. The molecule has 1 aliphatic rings. The standard InChI is InChI=1S/C10H14O2/c1-3-8-4-6-9(7-5-8)10(11)12-2/h3-4,9H,1,5-7H2,2H3/t9-/m1/s1. The van der Waals surface area contributed by atoms with Crippen molar-refractivity contribution >= 4 is 5.97 Å². The SMILES string of the molecule is C=CC1=CC[C@@H](C(=O)OC)CC1. The smallest absolute Gasteiger partial charge is 0.308 e. The molecule has 2 heteroatoms. The number of carbonyl (C=O) groups excluding carboxylic acids is 1. The van der Waals surface area contributed by atoms with Crippen LogP contribution in [0.15, 0.2) is 24.3 Å². The van der Waals surface area contributed by atoms with Crippen molar-refractivity contribution in [2.24, 2.45) is 5.92 Å². The van der Waals surface area contributed by atoms with Gasteiger partial charge in [0.05, 0.1) is 13.0 Å². The summed E-state index contributed by atoms with van der Waals surface area (Å²) in [4.78, 5) is 11.1. The third-order valence-corrected chi connectivity index (χ3v) is 2.24. The molecule has 0 unspecified atom stereocenters. The molecule has 0 fully saturated rings. The average molecular weight is 166 g/mol. The topological polar surface area (TPSA) is 26.3 Å². The van der Waals surface area contributed by atoms with Crippen LogP contribution >= 0.6 is 0 Å². The second kappa shape index (κ2) is 4.10. The molecule has 0 N–H and O–H groups in total. The molecule has 0 aromatic heterocycles. The predicted molar refractivity (Wildman–Crippen MR) is 47.6 cm³/mol. The molecule has 0 heterocycles. The number of esters is 1. The van der Waals surface area contributed by atoms with Gasteiger partial charge < -0.3 is 4.74 Å². The summed E-state index contributed by atoms with van der Waals surface area (Å²) in [6.45, 7) is 3.69. The Bertz CT molecular complexity index is 216. The average Bonchev–Trinajstić information content (AvgIpc) is 2.17. The third kappa shape index (κ3) is 1.97. The van der Waals surface area contributed by atoms with E-state index in [1.807, 2.05) is 6.08 Å². The maximum atomic E-state index is 11.1. The molecule has 0 bridgehead atoms. The lowest BCUT2D eigenvalue weighted by molar-refractivity contribution is -0.145. The molecular formula is C10H14O2. The molecule has 1 aliphatic carbocycles. The van der Waals surface area contributed by atoms with Gasteiger partial charge in [-0.2, -0.15) is 0 Å². The van der Waals surface area contributed by atoms with Gasteiger partial charge in [0.2, 0.25) is 0 Å². The molecule has 0 aliphatic heterocycles. The van der Waals surface area contributed by atoms with Crippen LogP contribution in [-0.2, 0) is 9.53 Å². The number of hydrogen-bond donors (Lipinski definition) is 0. The predicted octanol–water partition coefficient (Wildman–Crippen LogP) is 2.07. The Morgan fingerprint density at radius 3 is 3.00 bits per heavy atom. The molecule has 0 saturated heterocycles. The summed E-state index contributed by atoms with van der Waals surface area (Å²) >= 11 is 0. The van der Waals surface area contributed by atoms with Crippen LogP contribution < -0.4 is 0 Å². The fourth-order valence-corrected chi connectivity index (χ4v) is 1.42. The minimum absolute atomic E-state index is 0.0682. The Morgan fingerprint density at radius 1 is 1.83 bits per heavy atom. The van der Waals surface area contributed by atoms with E-state index >= 15 is 0 Å². The fourth-order valence-electron chi connectivity index (χ4n) is 1.42. The first kappa shape index (κ1) is 9.04. The number of allylic oxidation sites excluding steroid dienone is 3. The van der Waals surface area contributed by atoms with Gasteiger partial charge in [-0.1, -0.05) is 24.3 Å². The summed E-state index contributed by atoms with van der Waals surface area (Å²) in [6.07, 6.45) is 6.56. The number of hydrogen-bond acceptors (Lipinski definition) is 2. The van der Waals surface area contributed by atoms with Gasteiger partial charge >= 0.3 is 5.97 Å². The first-order valence-corrected chi connectivity index (χ1v) is 4.17. The normalized spacial score (nSPS) is 22.8. The van der Waals surface area contributed by atoms with Crippen LogP contribution in [0.25, 0.3) is 0 Å². The number of rotatable bonds is 2. The van der Waals surface area contributed by atoms with Crippen molar-refractivity contribution in [1.82, 2.24) is 0 Å². The monoisotopic (exact) mass is 166 g/mol. The summed E-state index contributed by atoms with van der Waals surface area (Å²) < 4.78 is 4.66. The van der Waals surface area contributed by atoms with Crippen LogP contribution in [0.1, 0.15) is 19.3 Å². The van der Waals surface area contributed by atoms with Gasteiger partial charge in [-0.05, 0) is 19.3 Å². The van der Waals surface area contributed by atoms with Crippen molar-refractivity contribution in [3.8, 4) is 0 Å². The third-order valence-electron chi connectivity index (χ3n) is 2.24. The van der Waals surface area contributed by atoms with Crippen molar-refractivity contribution in [2.75, 3.05) is 7.11 Å². The van der Waals surface area contributed by atoms with Gasteiger partial charge in [0.15, 0.2) is 0 Å².